The second kappa shape index (κ2) is 7.67. The number of carbonyl (C=O) groups is 1. The molecule has 0 saturated heterocycles. The van der Waals surface area contributed by atoms with E-state index in [2.05, 4.69) is 10.3 Å². The molecule has 3 aromatic rings. The van der Waals surface area contributed by atoms with Gasteiger partial charge in [0, 0.05) is 6.54 Å². The Balaban J connectivity index is 1.46. The smallest absolute Gasteiger partial charge is 0.278 e. The van der Waals surface area contributed by atoms with Gasteiger partial charge >= 0.3 is 0 Å². The van der Waals surface area contributed by atoms with Crippen molar-refractivity contribution in [3.05, 3.63) is 58.9 Å². The SMILES string of the molecule is CCN(C[C@@H]1COc2ccccc2O1)C(=O)Cn1nnc2ccccc2c1=O. The maximum Gasteiger partial charge on any atom is 0.278 e. The number of para-hydroxylation sites is 2. The highest BCUT2D eigenvalue weighted by Crippen LogP contribution is 2.31. The predicted octanol–water partition coefficient (Wildman–Crippen LogP) is 1.48. The molecule has 2 heterocycles. The first-order valence-corrected chi connectivity index (χ1v) is 9.14. The van der Waals surface area contributed by atoms with Crippen LogP contribution in [0.3, 0.4) is 0 Å². The largest absolute Gasteiger partial charge is 0.486 e. The van der Waals surface area contributed by atoms with Gasteiger partial charge in [0.25, 0.3) is 5.56 Å². The number of benzene rings is 2. The van der Waals surface area contributed by atoms with E-state index < -0.39 is 0 Å². The van der Waals surface area contributed by atoms with E-state index >= 15 is 0 Å². The van der Waals surface area contributed by atoms with E-state index in [1.807, 2.05) is 31.2 Å². The molecular formula is C20H20N4O4. The second-order valence-corrected chi connectivity index (χ2v) is 6.50. The van der Waals surface area contributed by atoms with Gasteiger partial charge in [-0.05, 0) is 31.2 Å². The average Bonchev–Trinajstić information content (AvgIpc) is 2.74. The van der Waals surface area contributed by atoms with Crippen LogP contribution in [0.1, 0.15) is 6.92 Å². The van der Waals surface area contributed by atoms with E-state index in [0.29, 0.717) is 42.1 Å². The Bertz CT molecular complexity index is 1070. The van der Waals surface area contributed by atoms with Crippen LogP contribution < -0.4 is 15.0 Å². The van der Waals surface area contributed by atoms with E-state index in [0.717, 1.165) is 4.68 Å². The highest BCUT2D eigenvalue weighted by molar-refractivity contribution is 5.78. The highest BCUT2D eigenvalue weighted by atomic mass is 16.6. The number of ether oxygens (including phenoxy) is 2. The van der Waals surface area contributed by atoms with E-state index in [-0.39, 0.29) is 24.1 Å². The number of hydrogen-bond acceptors (Lipinski definition) is 6. The normalized spacial score (nSPS) is 15.4. The molecule has 1 aliphatic rings. The number of likely N-dealkylation sites (N-methyl/N-ethyl adjacent to an activating group) is 1. The molecule has 1 amide bonds. The Labute approximate surface area is 161 Å². The zero-order valence-electron chi connectivity index (χ0n) is 15.4. The van der Waals surface area contributed by atoms with Gasteiger partial charge in [0.2, 0.25) is 5.91 Å². The summed E-state index contributed by atoms with van der Waals surface area (Å²) in [6.07, 6.45) is -0.279. The number of fused-ring (bicyclic) bond motifs is 2. The molecule has 0 N–H and O–H groups in total. The number of nitrogens with zero attached hydrogens (tertiary/aromatic N) is 4. The van der Waals surface area contributed by atoms with Gasteiger partial charge in [-0.1, -0.05) is 29.5 Å². The van der Waals surface area contributed by atoms with Crippen LogP contribution >= 0.6 is 0 Å². The van der Waals surface area contributed by atoms with Crippen molar-refractivity contribution in [2.75, 3.05) is 19.7 Å². The molecule has 0 saturated carbocycles. The van der Waals surface area contributed by atoms with Gasteiger partial charge in [0.1, 0.15) is 18.7 Å². The summed E-state index contributed by atoms with van der Waals surface area (Å²) >= 11 is 0. The maximum atomic E-state index is 12.8. The zero-order valence-corrected chi connectivity index (χ0v) is 15.4. The molecular weight excluding hydrogens is 360 g/mol. The van der Waals surface area contributed by atoms with Crippen molar-refractivity contribution < 1.29 is 14.3 Å². The van der Waals surface area contributed by atoms with Crippen molar-refractivity contribution >= 4 is 16.8 Å². The third kappa shape index (κ3) is 3.53. The first-order valence-electron chi connectivity index (χ1n) is 9.14. The molecule has 1 atom stereocenters. The second-order valence-electron chi connectivity index (χ2n) is 6.50. The van der Waals surface area contributed by atoms with Crippen molar-refractivity contribution in [3.63, 3.8) is 0 Å². The Morgan fingerprint density at radius 3 is 2.75 bits per heavy atom. The van der Waals surface area contributed by atoms with Crippen LogP contribution in [0.25, 0.3) is 10.9 Å². The van der Waals surface area contributed by atoms with Crippen LogP contribution in [0.5, 0.6) is 11.5 Å². The molecule has 4 rings (SSSR count). The number of carbonyl (C=O) groups excluding carboxylic acids is 1. The van der Waals surface area contributed by atoms with Gasteiger partial charge in [-0.15, -0.1) is 5.10 Å². The van der Waals surface area contributed by atoms with Crippen LogP contribution in [-0.2, 0) is 11.3 Å². The van der Waals surface area contributed by atoms with Crippen molar-refractivity contribution in [1.29, 1.82) is 0 Å². The number of hydrogen-bond donors (Lipinski definition) is 0. The van der Waals surface area contributed by atoms with E-state index in [1.165, 1.54) is 0 Å². The lowest BCUT2D eigenvalue weighted by Crippen LogP contribution is -2.45. The Hall–Kier alpha value is -3.42. The van der Waals surface area contributed by atoms with E-state index in [4.69, 9.17) is 9.47 Å². The third-order valence-electron chi connectivity index (χ3n) is 4.64. The molecule has 0 unspecified atom stereocenters. The van der Waals surface area contributed by atoms with Gasteiger partial charge < -0.3 is 14.4 Å². The quantitative estimate of drug-likeness (QED) is 0.666. The standard InChI is InChI=1S/C20H20N4O4/c1-2-23(11-14-13-27-17-9-5-6-10-18(17)28-14)19(25)12-24-20(26)15-7-3-4-8-16(15)21-22-24/h3-10,14H,2,11-13H2,1H3/t14-/m1/s1. The molecule has 144 valence electrons. The summed E-state index contributed by atoms with van der Waals surface area (Å²) in [6.45, 7) is 2.91. The Kier molecular flexibility index (Phi) is 4.92. The molecule has 0 radical (unpaired) electrons. The van der Waals surface area contributed by atoms with Crippen molar-refractivity contribution in [2.24, 2.45) is 0 Å². The van der Waals surface area contributed by atoms with Crippen molar-refractivity contribution in [2.45, 2.75) is 19.6 Å². The molecule has 8 heteroatoms. The molecule has 1 aromatic heterocycles. The van der Waals surface area contributed by atoms with Crippen LogP contribution in [0.4, 0.5) is 0 Å². The molecule has 0 aliphatic carbocycles. The molecule has 2 aromatic carbocycles. The summed E-state index contributed by atoms with van der Waals surface area (Å²) in [7, 11) is 0. The Morgan fingerprint density at radius 2 is 1.93 bits per heavy atom. The molecule has 0 bridgehead atoms. The van der Waals surface area contributed by atoms with Gasteiger partial charge in [-0.25, -0.2) is 4.68 Å². The fourth-order valence-electron chi connectivity index (χ4n) is 3.16. The van der Waals surface area contributed by atoms with Crippen molar-refractivity contribution in [1.82, 2.24) is 19.9 Å². The van der Waals surface area contributed by atoms with Gasteiger partial charge in [-0.3, -0.25) is 9.59 Å². The summed E-state index contributed by atoms with van der Waals surface area (Å²) < 4.78 is 12.7. The third-order valence-corrected chi connectivity index (χ3v) is 4.64. The molecule has 0 spiro atoms. The fraction of sp³-hybridized carbons (Fsp3) is 0.300. The fourth-order valence-corrected chi connectivity index (χ4v) is 3.16. The molecule has 1 aliphatic heterocycles. The van der Waals surface area contributed by atoms with E-state index in [9.17, 15) is 9.59 Å². The molecule has 8 nitrogen and oxygen atoms in total. The summed E-state index contributed by atoms with van der Waals surface area (Å²) in [5.41, 5.74) is 0.177. The Morgan fingerprint density at radius 1 is 1.18 bits per heavy atom. The lowest BCUT2D eigenvalue weighted by molar-refractivity contribution is -0.133. The first-order chi connectivity index (χ1) is 13.7. The summed E-state index contributed by atoms with van der Waals surface area (Å²) in [5, 5.41) is 8.35. The predicted molar refractivity (Wildman–Crippen MR) is 102 cm³/mol. The summed E-state index contributed by atoms with van der Waals surface area (Å²) in [4.78, 5) is 26.9. The van der Waals surface area contributed by atoms with Gasteiger partial charge in [-0.2, -0.15) is 0 Å². The lowest BCUT2D eigenvalue weighted by atomic mass is 10.2. The zero-order chi connectivity index (χ0) is 19.5. The number of amides is 1. The highest BCUT2D eigenvalue weighted by Gasteiger charge is 2.25. The van der Waals surface area contributed by atoms with Crippen LogP contribution in [0.2, 0.25) is 0 Å². The van der Waals surface area contributed by atoms with E-state index in [1.54, 1.807) is 29.2 Å². The number of aromatic nitrogens is 3. The minimum atomic E-state index is -0.332. The molecule has 0 fully saturated rings. The van der Waals surface area contributed by atoms with Crippen molar-refractivity contribution in [3.8, 4) is 11.5 Å². The number of rotatable bonds is 5. The monoisotopic (exact) mass is 380 g/mol. The van der Waals surface area contributed by atoms with Gasteiger partial charge in [0.05, 0.1) is 11.9 Å². The van der Waals surface area contributed by atoms with Crippen LogP contribution in [0, 0.1) is 0 Å². The van der Waals surface area contributed by atoms with Crippen LogP contribution in [0.15, 0.2) is 53.3 Å². The minimum absolute atomic E-state index is 0.172. The first kappa shape index (κ1) is 18.0. The summed E-state index contributed by atoms with van der Waals surface area (Å²) in [5.74, 6) is 1.14. The molecule has 28 heavy (non-hydrogen) atoms. The topological polar surface area (TPSA) is 86.6 Å². The maximum absolute atomic E-state index is 12.8. The van der Waals surface area contributed by atoms with Gasteiger partial charge in [0.15, 0.2) is 17.6 Å². The van der Waals surface area contributed by atoms with Crippen LogP contribution in [-0.4, -0.2) is 51.6 Å². The minimum Gasteiger partial charge on any atom is -0.486 e. The lowest BCUT2D eigenvalue weighted by Gasteiger charge is -2.30. The summed E-state index contributed by atoms with van der Waals surface area (Å²) in [6, 6.07) is 14.4. The average molecular weight is 380 g/mol.